The highest BCUT2D eigenvalue weighted by Gasteiger charge is 2.47. The standard InChI is InChI=1S/C78H139NO10/c1-4-7-10-13-16-19-22-24-26-28-30-32-34-35-36-38-39-41-43-45-47-50-53-56-59-62-65-71(82)77(86)79-69(70(81)64-61-58-55-52-49-21-18-15-12-9-6-3)68-87-78-76(75(85)74(84)72(67-80)88-78)89-73(83)66-63-60-57-54-51-48-46-44-42-40-37-33-31-29-27-25-23-20-17-14-11-8-5-2/h16-17,19-20,24-27,30,32,35-36,61,64,69-72,74-76,78,80-82,84-85H,4-15,18,21-23,28-29,31,33-34,37-60,62-63,65-68H2,1-3H3,(H,79,86)/b19-16-,20-17-,26-24-,27-25-,32-30-,36-35-,64-61+. The van der Waals surface area contributed by atoms with Crippen LogP contribution in [0.2, 0.25) is 0 Å². The summed E-state index contributed by atoms with van der Waals surface area (Å²) in [6.07, 6.45) is 76.2. The number of hydrogen-bond acceptors (Lipinski definition) is 10. The van der Waals surface area contributed by atoms with E-state index in [1.807, 2.05) is 6.08 Å². The molecule has 0 bridgehead atoms. The molecule has 8 atom stereocenters. The average Bonchev–Trinajstić information content (AvgIpc) is 2.45. The van der Waals surface area contributed by atoms with Gasteiger partial charge in [0.15, 0.2) is 12.4 Å². The van der Waals surface area contributed by atoms with Crippen molar-refractivity contribution in [1.29, 1.82) is 0 Å². The summed E-state index contributed by atoms with van der Waals surface area (Å²) in [6.45, 7) is 5.77. The van der Waals surface area contributed by atoms with Gasteiger partial charge in [-0.2, -0.15) is 0 Å². The van der Waals surface area contributed by atoms with Gasteiger partial charge in [0.2, 0.25) is 5.91 Å². The van der Waals surface area contributed by atoms with Gasteiger partial charge in [-0.15, -0.1) is 0 Å². The molecule has 0 saturated carbocycles. The van der Waals surface area contributed by atoms with Crippen LogP contribution in [0, 0.1) is 0 Å². The number of unbranched alkanes of at least 4 members (excludes halogenated alkanes) is 38. The van der Waals surface area contributed by atoms with Crippen molar-refractivity contribution >= 4 is 11.9 Å². The molecular weight excluding hydrogens is 1110 g/mol. The zero-order chi connectivity index (χ0) is 64.6. The number of nitrogens with one attached hydrogen (secondary N) is 1. The number of rotatable bonds is 64. The molecule has 0 radical (unpaired) electrons. The SMILES string of the molecule is CCCCC/C=C\C/C=C\C/C=C\C/C=C\CCCCCCCCCCCCC(O)C(=O)NC(COC1OC(CO)C(O)C(O)C1OC(=O)CCCCCCCCCCCCCCC/C=C\C/C=C\CCCCC)C(O)/C=C/CCCCCCCCCCC. The van der Waals surface area contributed by atoms with Crippen LogP contribution in [0.1, 0.15) is 335 Å². The molecule has 11 nitrogen and oxygen atoms in total. The van der Waals surface area contributed by atoms with Gasteiger partial charge >= 0.3 is 5.97 Å². The van der Waals surface area contributed by atoms with Crippen LogP contribution in [-0.4, -0.2) is 99.6 Å². The Bertz CT molecular complexity index is 1780. The number of carbonyl (C=O) groups is 2. The lowest BCUT2D eigenvalue weighted by atomic mass is 9.99. The number of aliphatic hydroxyl groups excluding tert-OH is 5. The molecule has 1 amide bonds. The molecule has 6 N–H and O–H groups in total. The molecule has 516 valence electrons. The van der Waals surface area contributed by atoms with Gasteiger partial charge in [0.05, 0.1) is 25.4 Å². The number of amides is 1. The Morgan fingerprint density at radius 3 is 1.18 bits per heavy atom. The molecule has 0 aliphatic carbocycles. The predicted octanol–water partition coefficient (Wildman–Crippen LogP) is 19.6. The number of carbonyl (C=O) groups excluding carboxylic acids is 2. The molecule has 0 aromatic carbocycles. The summed E-state index contributed by atoms with van der Waals surface area (Å²) in [5.74, 6) is -1.19. The molecule has 8 unspecified atom stereocenters. The van der Waals surface area contributed by atoms with Gasteiger partial charge in [-0.1, -0.05) is 311 Å². The minimum absolute atomic E-state index is 0.121. The number of allylic oxidation sites excluding steroid dienone is 13. The average molecular weight is 1250 g/mol. The van der Waals surface area contributed by atoms with E-state index >= 15 is 0 Å². The quantitative estimate of drug-likeness (QED) is 0.0195. The van der Waals surface area contributed by atoms with Crippen molar-refractivity contribution in [3.05, 3.63) is 85.1 Å². The molecule has 1 heterocycles. The Labute approximate surface area is 546 Å². The molecule has 89 heavy (non-hydrogen) atoms. The topological polar surface area (TPSA) is 175 Å². The van der Waals surface area contributed by atoms with Crippen LogP contribution >= 0.6 is 0 Å². The van der Waals surface area contributed by atoms with Crippen LogP contribution in [0.3, 0.4) is 0 Å². The third-order valence-corrected chi connectivity index (χ3v) is 17.3. The lowest BCUT2D eigenvalue weighted by Gasteiger charge is -2.41. The first-order valence-corrected chi connectivity index (χ1v) is 37.4. The Morgan fingerprint density at radius 1 is 0.438 bits per heavy atom. The van der Waals surface area contributed by atoms with Crippen molar-refractivity contribution in [2.75, 3.05) is 13.2 Å². The van der Waals surface area contributed by atoms with Crippen LogP contribution < -0.4 is 5.32 Å². The van der Waals surface area contributed by atoms with Crippen molar-refractivity contribution < 1.29 is 49.3 Å². The third-order valence-electron chi connectivity index (χ3n) is 17.3. The second kappa shape index (κ2) is 64.9. The van der Waals surface area contributed by atoms with Crippen molar-refractivity contribution in [1.82, 2.24) is 5.32 Å². The van der Waals surface area contributed by atoms with Crippen molar-refractivity contribution in [3.8, 4) is 0 Å². The zero-order valence-electron chi connectivity index (χ0n) is 57.5. The van der Waals surface area contributed by atoms with E-state index < -0.39 is 67.4 Å². The second-order valence-electron chi connectivity index (χ2n) is 25.7. The van der Waals surface area contributed by atoms with E-state index in [4.69, 9.17) is 14.2 Å². The van der Waals surface area contributed by atoms with E-state index in [9.17, 15) is 35.1 Å². The fourth-order valence-electron chi connectivity index (χ4n) is 11.4. The Kier molecular flexibility index (Phi) is 61.2. The highest BCUT2D eigenvalue weighted by Crippen LogP contribution is 2.26. The van der Waals surface area contributed by atoms with Gasteiger partial charge in [0.25, 0.3) is 0 Å². The Balaban J connectivity index is 2.52. The van der Waals surface area contributed by atoms with Gasteiger partial charge in [0.1, 0.15) is 24.4 Å². The maximum Gasteiger partial charge on any atom is 0.306 e. The van der Waals surface area contributed by atoms with Gasteiger partial charge in [-0.3, -0.25) is 9.59 Å². The van der Waals surface area contributed by atoms with E-state index in [2.05, 4.69) is 99.0 Å². The molecule has 1 fully saturated rings. The monoisotopic (exact) mass is 1250 g/mol. The van der Waals surface area contributed by atoms with Crippen LogP contribution in [0.25, 0.3) is 0 Å². The van der Waals surface area contributed by atoms with Crippen LogP contribution in [0.15, 0.2) is 85.1 Å². The van der Waals surface area contributed by atoms with Gasteiger partial charge in [-0.25, -0.2) is 0 Å². The first kappa shape index (κ1) is 83.9. The minimum Gasteiger partial charge on any atom is -0.454 e. The summed E-state index contributed by atoms with van der Waals surface area (Å²) in [7, 11) is 0. The van der Waals surface area contributed by atoms with Gasteiger partial charge in [0, 0.05) is 6.42 Å². The van der Waals surface area contributed by atoms with E-state index in [0.717, 1.165) is 89.9 Å². The maximum absolute atomic E-state index is 13.5. The van der Waals surface area contributed by atoms with Gasteiger partial charge in [-0.05, 0) is 103 Å². The van der Waals surface area contributed by atoms with E-state index in [-0.39, 0.29) is 19.4 Å². The van der Waals surface area contributed by atoms with E-state index in [1.54, 1.807) is 6.08 Å². The van der Waals surface area contributed by atoms with Gasteiger partial charge < -0.3 is 45.1 Å². The molecule has 0 aromatic heterocycles. The molecule has 1 rings (SSSR count). The summed E-state index contributed by atoms with van der Waals surface area (Å²) < 4.78 is 17.7. The first-order chi connectivity index (χ1) is 43.7. The fraction of sp³-hybridized carbons (Fsp3) is 0.795. The van der Waals surface area contributed by atoms with Crippen molar-refractivity contribution in [3.63, 3.8) is 0 Å². The molecule has 1 aliphatic heterocycles. The Morgan fingerprint density at radius 2 is 0.775 bits per heavy atom. The molecule has 0 spiro atoms. The summed E-state index contributed by atoms with van der Waals surface area (Å²) in [6, 6.07) is -1.03. The number of ether oxygens (including phenoxy) is 3. The highest BCUT2D eigenvalue weighted by molar-refractivity contribution is 5.80. The highest BCUT2D eigenvalue weighted by atomic mass is 16.7. The van der Waals surface area contributed by atoms with E-state index in [1.165, 1.54) is 199 Å². The lowest BCUT2D eigenvalue weighted by molar-refractivity contribution is -0.305. The fourth-order valence-corrected chi connectivity index (χ4v) is 11.4. The molecule has 11 heteroatoms. The lowest BCUT2D eigenvalue weighted by Crippen LogP contribution is -2.61. The molecule has 1 saturated heterocycles. The third kappa shape index (κ3) is 52.0. The summed E-state index contributed by atoms with van der Waals surface area (Å²) in [5, 5.41) is 57.3. The summed E-state index contributed by atoms with van der Waals surface area (Å²) in [4.78, 5) is 26.7. The normalized spacial score (nSPS) is 18.6. The van der Waals surface area contributed by atoms with Crippen molar-refractivity contribution in [2.45, 2.75) is 384 Å². The zero-order valence-corrected chi connectivity index (χ0v) is 57.5. The van der Waals surface area contributed by atoms with Crippen LogP contribution in [0.5, 0.6) is 0 Å². The summed E-state index contributed by atoms with van der Waals surface area (Å²) in [5.41, 5.74) is 0. The van der Waals surface area contributed by atoms with Crippen molar-refractivity contribution in [2.24, 2.45) is 0 Å². The molecule has 1 aliphatic rings. The molecule has 0 aromatic rings. The minimum atomic E-state index is -1.62. The number of aliphatic hydroxyl groups is 5. The maximum atomic E-state index is 13.5. The number of esters is 1. The van der Waals surface area contributed by atoms with E-state index in [0.29, 0.717) is 12.8 Å². The van der Waals surface area contributed by atoms with Crippen LogP contribution in [0.4, 0.5) is 0 Å². The largest absolute Gasteiger partial charge is 0.454 e. The smallest absolute Gasteiger partial charge is 0.306 e. The summed E-state index contributed by atoms with van der Waals surface area (Å²) >= 11 is 0. The number of hydrogen-bond donors (Lipinski definition) is 6. The predicted molar refractivity (Wildman–Crippen MR) is 375 cm³/mol. The second-order valence-corrected chi connectivity index (χ2v) is 25.7. The Hall–Kier alpha value is -3.16. The molecular formula is C78H139NO10. The van der Waals surface area contributed by atoms with Crippen LogP contribution in [-0.2, 0) is 23.8 Å². The first-order valence-electron chi connectivity index (χ1n) is 37.4.